The first-order chi connectivity index (χ1) is 7.85. The van der Waals surface area contributed by atoms with Crippen LogP contribution in [-0.4, -0.2) is 33.1 Å². The molecule has 0 aliphatic carbocycles. The molecule has 0 atom stereocenters. The van der Waals surface area contributed by atoms with Crippen molar-refractivity contribution in [2.75, 3.05) is 33.1 Å². The minimum absolute atomic E-state index is 0.649. The number of fused-ring (bicyclic) bond motifs is 1. The fraction of sp³-hybridized carbons (Fsp3) is 0.500. The SMILES string of the molecule is CNCCc1cc2c(cc1SC)OCCO2. The Morgan fingerprint density at radius 1 is 1.25 bits per heavy atom. The summed E-state index contributed by atoms with van der Waals surface area (Å²) in [6.07, 6.45) is 3.11. The highest BCUT2D eigenvalue weighted by atomic mass is 32.2. The van der Waals surface area contributed by atoms with Crippen LogP contribution in [0.1, 0.15) is 5.56 Å². The van der Waals surface area contributed by atoms with Crippen molar-refractivity contribution < 1.29 is 9.47 Å². The third-order valence-corrected chi connectivity index (χ3v) is 3.41. The molecule has 1 N–H and O–H groups in total. The molecule has 1 heterocycles. The van der Waals surface area contributed by atoms with E-state index in [-0.39, 0.29) is 0 Å². The minimum Gasteiger partial charge on any atom is -0.486 e. The highest BCUT2D eigenvalue weighted by molar-refractivity contribution is 7.98. The fourth-order valence-electron chi connectivity index (χ4n) is 1.76. The first kappa shape index (κ1) is 11.6. The Morgan fingerprint density at radius 3 is 2.56 bits per heavy atom. The zero-order chi connectivity index (χ0) is 11.4. The van der Waals surface area contributed by atoms with Crippen molar-refractivity contribution in [1.29, 1.82) is 0 Å². The van der Waals surface area contributed by atoms with Crippen LogP contribution in [0.2, 0.25) is 0 Å². The molecule has 1 aliphatic rings. The maximum Gasteiger partial charge on any atom is 0.162 e. The van der Waals surface area contributed by atoms with E-state index in [1.54, 1.807) is 11.8 Å². The molecule has 16 heavy (non-hydrogen) atoms. The van der Waals surface area contributed by atoms with E-state index in [1.807, 2.05) is 7.05 Å². The highest BCUT2D eigenvalue weighted by Gasteiger charge is 2.15. The van der Waals surface area contributed by atoms with Gasteiger partial charge in [-0.1, -0.05) is 0 Å². The third kappa shape index (κ3) is 2.44. The molecule has 1 aromatic rings. The van der Waals surface area contributed by atoms with Crippen LogP contribution in [-0.2, 0) is 6.42 Å². The van der Waals surface area contributed by atoms with Crippen molar-refractivity contribution in [2.45, 2.75) is 11.3 Å². The number of nitrogens with one attached hydrogen (secondary N) is 1. The summed E-state index contributed by atoms with van der Waals surface area (Å²) < 4.78 is 11.2. The molecule has 0 fully saturated rings. The van der Waals surface area contributed by atoms with Gasteiger partial charge in [0, 0.05) is 4.90 Å². The molecule has 2 rings (SSSR count). The molecule has 0 radical (unpaired) electrons. The summed E-state index contributed by atoms with van der Waals surface area (Å²) >= 11 is 1.76. The number of thioether (sulfide) groups is 1. The van der Waals surface area contributed by atoms with Gasteiger partial charge in [-0.05, 0) is 44.0 Å². The number of hydrogen-bond acceptors (Lipinski definition) is 4. The average molecular weight is 239 g/mol. The van der Waals surface area contributed by atoms with Crippen molar-refractivity contribution in [2.24, 2.45) is 0 Å². The maximum atomic E-state index is 5.59. The summed E-state index contributed by atoms with van der Waals surface area (Å²) in [4.78, 5) is 1.28. The van der Waals surface area contributed by atoms with Gasteiger partial charge in [-0.25, -0.2) is 0 Å². The summed E-state index contributed by atoms with van der Waals surface area (Å²) in [5.41, 5.74) is 1.33. The molecule has 0 spiro atoms. The smallest absolute Gasteiger partial charge is 0.162 e. The molecule has 4 heteroatoms. The molecule has 0 amide bonds. The van der Waals surface area contributed by atoms with E-state index in [0.717, 1.165) is 24.5 Å². The van der Waals surface area contributed by atoms with E-state index in [4.69, 9.17) is 9.47 Å². The fourth-order valence-corrected chi connectivity index (χ4v) is 2.41. The van der Waals surface area contributed by atoms with Crippen molar-refractivity contribution in [1.82, 2.24) is 5.32 Å². The van der Waals surface area contributed by atoms with Gasteiger partial charge >= 0.3 is 0 Å². The second kappa shape index (κ2) is 5.46. The Labute approximate surface area is 101 Å². The monoisotopic (exact) mass is 239 g/mol. The first-order valence-corrected chi connectivity index (χ1v) is 6.68. The summed E-state index contributed by atoms with van der Waals surface area (Å²) in [6.45, 7) is 2.28. The molecule has 0 aromatic heterocycles. The summed E-state index contributed by atoms with van der Waals surface area (Å²) in [6, 6.07) is 4.20. The highest BCUT2D eigenvalue weighted by Crippen LogP contribution is 2.36. The predicted octanol–water partition coefficient (Wildman–Crippen LogP) is 1.94. The summed E-state index contributed by atoms with van der Waals surface area (Å²) in [7, 11) is 1.97. The quantitative estimate of drug-likeness (QED) is 0.813. The van der Waals surface area contributed by atoms with Gasteiger partial charge in [0.05, 0.1) is 0 Å². The Morgan fingerprint density at radius 2 is 1.94 bits per heavy atom. The van der Waals surface area contributed by atoms with E-state index in [0.29, 0.717) is 13.2 Å². The number of ether oxygens (including phenoxy) is 2. The van der Waals surface area contributed by atoms with Crippen molar-refractivity contribution in [3.05, 3.63) is 17.7 Å². The van der Waals surface area contributed by atoms with Crippen molar-refractivity contribution in [3.63, 3.8) is 0 Å². The lowest BCUT2D eigenvalue weighted by molar-refractivity contribution is 0.171. The van der Waals surface area contributed by atoms with Crippen LogP contribution in [0.3, 0.4) is 0 Å². The second-order valence-electron chi connectivity index (χ2n) is 3.66. The van der Waals surface area contributed by atoms with Crippen LogP contribution in [0.15, 0.2) is 17.0 Å². The number of likely N-dealkylation sites (N-methyl/N-ethyl adjacent to an activating group) is 1. The minimum atomic E-state index is 0.649. The average Bonchev–Trinajstić information content (AvgIpc) is 2.35. The third-order valence-electron chi connectivity index (χ3n) is 2.59. The molecule has 88 valence electrons. The van der Waals surface area contributed by atoms with Gasteiger partial charge in [-0.2, -0.15) is 0 Å². The molecule has 0 saturated heterocycles. The number of hydrogen-bond donors (Lipinski definition) is 1. The largest absolute Gasteiger partial charge is 0.486 e. The van der Waals surface area contributed by atoms with E-state index < -0.39 is 0 Å². The second-order valence-corrected chi connectivity index (χ2v) is 4.51. The zero-order valence-corrected chi connectivity index (χ0v) is 10.5. The van der Waals surface area contributed by atoms with Crippen LogP contribution in [0.4, 0.5) is 0 Å². The molecule has 1 aliphatic heterocycles. The van der Waals surface area contributed by atoms with Crippen LogP contribution in [0.25, 0.3) is 0 Å². The Kier molecular flexibility index (Phi) is 3.96. The van der Waals surface area contributed by atoms with E-state index >= 15 is 0 Å². The number of rotatable bonds is 4. The van der Waals surface area contributed by atoms with Gasteiger partial charge in [0.25, 0.3) is 0 Å². The van der Waals surface area contributed by atoms with E-state index in [1.165, 1.54) is 10.5 Å². The molecule has 1 aromatic carbocycles. The molecule has 0 unspecified atom stereocenters. The van der Waals surface area contributed by atoms with Crippen LogP contribution in [0.5, 0.6) is 11.5 Å². The van der Waals surface area contributed by atoms with Gasteiger partial charge in [0.15, 0.2) is 11.5 Å². The maximum absolute atomic E-state index is 5.59. The Bertz CT molecular complexity index is 368. The molecule has 3 nitrogen and oxygen atoms in total. The topological polar surface area (TPSA) is 30.5 Å². The lowest BCUT2D eigenvalue weighted by Gasteiger charge is -2.20. The first-order valence-electron chi connectivity index (χ1n) is 5.46. The lowest BCUT2D eigenvalue weighted by atomic mass is 10.1. The molecular weight excluding hydrogens is 222 g/mol. The summed E-state index contributed by atoms with van der Waals surface area (Å²) in [5.74, 6) is 1.76. The number of benzene rings is 1. The van der Waals surface area contributed by atoms with Crippen molar-refractivity contribution in [3.8, 4) is 11.5 Å². The molecule has 0 bridgehead atoms. The molecular formula is C12H17NO2S. The molecule has 0 saturated carbocycles. The predicted molar refractivity (Wildman–Crippen MR) is 66.8 cm³/mol. The lowest BCUT2D eigenvalue weighted by Crippen LogP contribution is -2.16. The van der Waals surface area contributed by atoms with Gasteiger partial charge < -0.3 is 14.8 Å². The normalized spacial score (nSPS) is 13.9. The van der Waals surface area contributed by atoms with Gasteiger partial charge in [0.2, 0.25) is 0 Å². The van der Waals surface area contributed by atoms with Crippen LogP contribution in [0, 0.1) is 0 Å². The van der Waals surface area contributed by atoms with E-state index in [9.17, 15) is 0 Å². The van der Waals surface area contributed by atoms with Gasteiger partial charge in [0.1, 0.15) is 13.2 Å². The van der Waals surface area contributed by atoms with Crippen molar-refractivity contribution >= 4 is 11.8 Å². The van der Waals surface area contributed by atoms with E-state index in [2.05, 4.69) is 23.7 Å². The van der Waals surface area contributed by atoms with Gasteiger partial charge in [-0.3, -0.25) is 0 Å². The van der Waals surface area contributed by atoms with Crippen LogP contribution >= 0.6 is 11.8 Å². The van der Waals surface area contributed by atoms with Gasteiger partial charge in [-0.15, -0.1) is 11.8 Å². The Hall–Kier alpha value is -0.870. The summed E-state index contributed by atoms with van der Waals surface area (Å²) in [5, 5.41) is 3.17. The standard InChI is InChI=1S/C12H17NO2S/c1-13-4-3-9-7-10-11(8-12(9)16-2)15-6-5-14-10/h7-8,13H,3-6H2,1-2H3. The Balaban J connectivity index is 2.28. The van der Waals surface area contributed by atoms with Crippen LogP contribution < -0.4 is 14.8 Å². The zero-order valence-electron chi connectivity index (χ0n) is 9.71.